The molecule has 40 heavy (non-hydrogen) atoms. The number of anilines is 1. The van der Waals surface area contributed by atoms with E-state index in [0.29, 0.717) is 22.0 Å². The maximum Gasteiger partial charge on any atom is 0.253 e. The number of carbonyl (C=O) groups is 1. The van der Waals surface area contributed by atoms with Crippen LogP contribution in [0.1, 0.15) is 42.7 Å². The van der Waals surface area contributed by atoms with Crippen LogP contribution in [0.2, 0.25) is 10.0 Å². The summed E-state index contributed by atoms with van der Waals surface area (Å²) >= 11 is 12.6. The fourth-order valence-electron chi connectivity index (χ4n) is 5.54. The van der Waals surface area contributed by atoms with Crippen molar-refractivity contribution in [3.05, 3.63) is 93.1 Å². The number of pyridine rings is 1. The Morgan fingerprint density at radius 2 is 1.62 bits per heavy atom. The Kier molecular flexibility index (Phi) is 8.90. The molecule has 1 amide bonds. The van der Waals surface area contributed by atoms with E-state index in [1.54, 1.807) is 6.07 Å². The van der Waals surface area contributed by atoms with E-state index in [4.69, 9.17) is 23.2 Å². The second-order valence-electron chi connectivity index (χ2n) is 10.8. The third kappa shape index (κ3) is 6.74. The highest BCUT2D eigenvalue weighted by atomic mass is 35.5. The van der Waals surface area contributed by atoms with Crippen LogP contribution in [0.15, 0.2) is 54.7 Å². The first-order valence-electron chi connectivity index (χ1n) is 13.5. The summed E-state index contributed by atoms with van der Waals surface area (Å²) in [4.78, 5) is 24.4. The minimum Gasteiger partial charge on any atom is -0.353 e. The van der Waals surface area contributed by atoms with Crippen LogP contribution in [0.5, 0.6) is 0 Å². The molecule has 6 nitrogen and oxygen atoms in total. The molecule has 0 atom stereocenters. The maximum absolute atomic E-state index is 13.4. The number of amides is 1. The highest BCUT2D eigenvalue weighted by Gasteiger charge is 2.37. The second-order valence-corrected chi connectivity index (χ2v) is 11.7. The Morgan fingerprint density at radius 3 is 2.27 bits per heavy atom. The predicted octanol–water partition coefficient (Wildman–Crippen LogP) is 6.02. The zero-order valence-electron chi connectivity index (χ0n) is 22.5. The first-order chi connectivity index (χ1) is 19.2. The number of hydrogen-bond acceptors (Lipinski definition) is 5. The Morgan fingerprint density at radius 1 is 0.950 bits per heavy atom. The van der Waals surface area contributed by atoms with Crippen LogP contribution in [0, 0.1) is 11.6 Å². The lowest BCUT2D eigenvalue weighted by molar-refractivity contribution is 0.0278. The number of carbonyl (C=O) groups excluding carboxylic acids is 1. The molecule has 1 N–H and O–H groups in total. The number of nitrogens with one attached hydrogen (secondary N) is 1. The average Bonchev–Trinajstić information content (AvgIpc) is 2.96. The Bertz CT molecular complexity index is 1350. The number of hydrogen-bond donors (Lipinski definition) is 1. The molecule has 1 aromatic heterocycles. The largest absolute Gasteiger partial charge is 0.353 e. The highest BCUT2D eigenvalue weighted by Crippen LogP contribution is 2.32. The standard InChI is InChI=1S/C30H33Cl2F2N5O.H2/c1-30(8-10-37(11-9-30)20-21-2-5-24(31)6-3-21)39-14-12-38(13-15-39)28-25(32)17-23(19-35-28)29(40)36-18-22-4-7-26(33)27(34)16-22;/h2-7,16-17,19H,8-15,18,20H2,1H3,(H,36,40);1H. The van der Waals surface area contributed by atoms with E-state index < -0.39 is 11.6 Å². The predicted molar refractivity (Wildman–Crippen MR) is 157 cm³/mol. The lowest BCUT2D eigenvalue weighted by Crippen LogP contribution is -2.59. The lowest BCUT2D eigenvalue weighted by atomic mass is 9.87. The van der Waals surface area contributed by atoms with Gasteiger partial charge in [-0.1, -0.05) is 41.4 Å². The van der Waals surface area contributed by atoms with Crippen molar-refractivity contribution in [1.82, 2.24) is 20.1 Å². The number of nitrogens with zero attached hydrogens (tertiary/aromatic N) is 4. The van der Waals surface area contributed by atoms with E-state index >= 15 is 0 Å². The van der Waals surface area contributed by atoms with Gasteiger partial charge < -0.3 is 10.2 Å². The Hall–Kier alpha value is -2.78. The molecule has 0 bridgehead atoms. The highest BCUT2D eigenvalue weighted by molar-refractivity contribution is 6.33. The average molecular weight is 591 g/mol. The molecule has 10 heteroatoms. The zero-order chi connectivity index (χ0) is 28.3. The first kappa shape index (κ1) is 28.7. The van der Waals surface area contributed by atoms with Gasteiger partial charge in [0.05, 0.1) is 10.6 Å². The van der Waals surface area contributed by atoms with Crippen LogP contribution < -0.4 is 10.2 Å². The van der Waals surface area contributed by atoms with Crippen molar-refractivity contribution in [3.63, 3.8) is 0 Å². The molecule has 214 valence electrons. The summed E-state index contributed by atoms with van der Waals surface area (Å²) in [6.07, 6.45) is 3.74. The molecular formula is C30H35Cl2F2N5O. The van der Waals surface area contributed by atoms with E-state index in [-0.39, 0.29) is 19.4 Å². The number of halogens is 4. The molecule has 2 fully saturated rings. The van der Waals surface area contributed by atoms with Gasteiger partial charge in [-0.25, -0.2) is 13.8 Å². The summed E-state index contributed by atoms with van der Waals surface area (Å²) in [5.41, 5.74) is 2.22. The number of piperidine rings is 1. The van der Waals surface area contributed by atoms with Crippen LogP contribution in [-0.4, -0.2) is 65.5 Å². The minimum atomic E-state index is -0.950. The topological polar surface area (TPSA) is 51.7 Å². The molecule has 3 aromatic rings. The van der Waals surface area contributed by atoms with Crippen LogP contribution in [0.25, 0.3) is 0 Å². The summed E-state index contributed by atoms with van der Waals surface area (Å²) < 4.78 is 26.6. The van der Waals surface area contributed by atoms with Crippen LogP contribution in [-0.2, 0) is 13.1 Å². The third-order valence-corrected chi connectivity index (χ3v) is 8.65. The van der Waals surface area contributed by atoms with Gasteiger partial charge in [0.2, 0.25) is 0 Å². The monoisotopic (exact) mass is 589 g/mol. The zero-order valence-corrected chi connectivity index (χ0v) is 24.0. The van der Waals surface area contributed by atoms with Crippen molar-refractivity contribution in [1.29, 1.82) is 0 Å². The third-order valence-electron chi connectivity index (χ3n) is 8.12. The molecule has 0 spiro atoms. The van der Waals surface area contributed by atoms with Gasteiger partial charge in [0.15, 0.2) is 11.6 Å². The van der Waals surface area contributed by atoms with Crippen LogP contribution in [0.4, 0.5) is 14.6 Å². The van der Waals surface area contributed by atoms with Crippen molar-refractivity contribution in [2.45, 2.75) is 38.4 Å². The van der Waals surface area contributed by atoms with Gasteiger partial charge in [-0.15, -0.1) is 0 Å². The van der Waals surface area contributed by atoms with Gasteiger partial charge in [-0.2, -0.15) is 0 Å². The Balaban J connectivity index is 0.00000387. The van der Waals surface area contributed by atoms with E-state index in [2.05, 4.69) is 44.1 Å². The molecule has 2 aliphatic heterocycles. The SMILES string of the molecule is CC1(N2CCN(c3ncc(C(=O)NCc4ccc(F)c(F)c4)cc3Cl)CC2)CCN(Cc2ccc(Cl)cc2)CC1.[HH]. The van der Waals surface area contributed by atoms with E-state index in [0.717, 1.165) is 75.8 Å². The van der Waals surface area contributed by atoms with Crippen LogP contribution in [0.3, 0.4) is 0 Å². The molecule has 0 radical (unpaired) electrons. The first-order valence-corrected chi connectivity index (χ1v) is 14.3. The van der Waals surface area contributed by atoms with Gasteiger partial charge in [0, 0.05) is 70.5 Å². The van der Waals surface area contributed by atoms with Crippen molar-refractivity contribution < 1.29 is 15.0 Å². The lowest BCUT2D eigenvalue weighted by Gasteiger charge is -2.50. The Labute approximate surface area is 245 Å². The van der Waals surface area contributed by atoms with Gasteiger partial charge >= 0.3 is 0 Å². The summed E-state index contributed by atoms with van der Waals surface area (Å²) in [6, 6.07) is 13.2. The summed E-state index contributed by atoms with van der Waals surface area (Å²) in [5.74, 6) is -1.59. The molecule has 0 aliphatic carbocycles. The van der Waals surface area contributed by atoms with Crippen molar-refractivity contribution in [2.75, 3.05) is 44.2 Å². The smallest absolute Gasteiger partial charge is 0.253 e. The van der Waals surface area contributed by atoms with Crippen molar-refractivity contribution >= 4 is 34.9 Å². The fraction of sp³-hybridized carbons (Fsp3) is 0.400. The number of rotatable bonds is 7. The van der Waals surface area contributed by atoms with E-state index in [1.165, 1.54) is 17.8 Å². The van der Waals surface area contributed by atoms with Gasteiger partial charge in [-0.3, -0.25) is 14.6 Å². The van der Waals surface area contributed by atoms with Crippen molar-refractivity contribution in [2.24, 2.45) is 0 Å². The molecular weight excluding hydrogens is 555 g/mol. The maximum atomic E-state index is 13.4. The normalized spacial score (nSPS) is 18.1. The molecule has 0 unspecified atom stereocenters. The van der Waals surface area contributed by atoms with E-state index in [1.807, 2.05) is 12.1 Å². The summed E-state index contributed by atoms with van der Waals surface area (Å²) in [5, 5.41) is 3.88. The summed E-state index contributed by atoms with van der Waals surface area (Å²) in [7, 11) is 0. The fourth-order valence-corrected chi connectivity index (χ4v) is 5.95. The van der Waals surface area contributed by atoms with Crippen LogP contribution >= 0.6 is 23.2 Å². The molecule has 2 aromatic carbocycles. The number of piperazine rings is 1. The molecule has 2 aliphatic rings. The van der Waals surface area contributed by atoms with Gasteiger partial charge in [0.1, 0.15) is 5.82 Å². The quantitative estimate of drug-likeness (QED) is 0.365. The minimum absolute atomic E-state index is 0. The molecule has 3 heterocycles. The van der Waals surface area contributed by atoms with Gasteiger partial charge in [-0.05, 0) is 61.2 Å². The van der Waals surface area contributed by atoms with Gasteiger partial charge in [0.25, 0.3) is 5.91 Å². The van der Waals surface area contributed by atoms with E-state index in [9.17, 15) is 13.6 Å². The number of benzene rings is 2. The molecule has 2 saturated heterocycles. The van der Waals surface area contributed by atoms with Crippen molar-refractivity contribution in [3.8, 4) is 0 Å². The number of likely N-dealkylation sites (tertiary alicyclic amines) is 1. The molecule has 5 rings (SSSR count). The number of aromatic nitrogens is 1. The molecule has 0 saturated carbocycles. The second kappa shape index (κ2) is 12.4. The summed E-state index contributed by atoms with van der Waals surface area (Å²) in [6.45, 7) is 8.96.